The molecule has 2 rings (SSSR count). The number of benzene rings is 1. The number of rotatable bonds is 7. The average Bonchev–Trinajstić information content (AvgIpc) is 2.62. The summed E-state index contributed by atoms with van der Waals surface area (Å²) in [7, 11) is 1.70. The standard InChI is InChI=1S/C19H32N4O.HI/c1-4-12-23-13-10-17(11-14-23)22-19(20-5-2)21-15-16-8-6-7-9-18(16)24-3;/h6-9,17H,4-5,10-15H2,1-3H3,(H2,20,21,22);1H. The Balaban J connectivity index is 0.00000312. The Morgan fingerprint density at radius 3 is 2.60 bits per heavy atom. The normalized spacial score (nSPS) is 16.2. The molecule has 0 spiro atoms. The average molecular weight is 460 g/mol. The Morgan fingerprint density at radius 1 is 1.24 bits per heavy atom. The monoisotopic (exact) mass is 460 g/mol. The van der Waals surface area contributed by atoms with Gasteiger partial charge in [0, 0.05) is 31.2 Å². The molecule has 5 nitrogen and oxygen atoms in total. The van der Waals surface area contributed by atoms with Crippen LogP contribution in [-0.2, 0) is 6.54 Å². The number of hydrogen-bond acceptors (Lipinski definition) is 3. The molecule has 1 aromatic carbocycles. The fourth-order valence-corrected chi connectivity index (χ4v) is 3.13. The number of para-hydroxylation sites is 1. The first kappa shape index (κ1) is 22.0. The van der Waals surface area contributed by atoms with E-state index in [0.29, 0.717) is 12.6 Å². The van der Waals surface area contributed by atoms with Crippen LogP contribution >= 0.6 is 24.0 Å². The second-order valence-electron chi connectivity index (χ2n) is 6.27. The SMILES string of the molecule is CCCN1CCC(NC(=NCc2ccccc2OC)NCC)CC1.I. The van der Waals surface area contributed by atoms with Gasteiger partial charge in [0.25, 0.3) is 0 Å². The molecule has 0 radical (unpaired) electrons. The van der Waals surface area contributed by atoms with Crippen LogP contribution in [0.1, 0.15) is 38.7 Å². The van der Waals surface area contributed by atoms with Crippen LogP contribution in [0.4, 0.5) is 0 Å². The smallest absolute Gasteiger partial charge is 0.191 e. The van der Waals surface area contributed by atoms with E-state index >= 15 is 0 Å². The predicted octanol–water partition coefficient (Wildman–Crippen LogP) is 3.24. The lowest BCUT2D eigenvalue weighted by Gasteiger charge is -2.32. The molecule has 1 aliphatic heterocycles. The van der Waals surface area contributed by atoms with E-state index in [9.17, 15) is 0 Å². The fourth-order valence-electron chi connectivity index (χ4n) is 3.13. The Bertz CT molecular complexity index is 516. The van der Waals surface area contributed by atoms with Crippen molar-refractivity contribution in [2.24, 2.45) is 4.99 Å². The van der Waals surface area contributed by atoms with Gasteiger partial charge in [-0.3, -0.25) is 0 Å². The van der Waals surface area contributed by atoms with E-state index < -0.39 is 0 Å². The fraction of sp³-hybridized carbons (Fsp3) is 0.632. The third kappa shape index (κ3) is 7.40. The maximum atomic E-state index is 5.41. The molecule has 1 heterocycles. The number of hydrogen-bond donors (Lipinski definition) is 2. The lowest BCUT2D eigenvalue weighted by Crippen LogP contribution is -2.48. The van der Waals surface area contributed by atoms with Crippen molar-refractivity contribution in [3.8, 4) is 5.75 Å². The van der Waals surface area contributed by atoms with Gasteiger partial charge in [0.2, 0.25) is 0 Å². The molecule has 1 aromatic rings. The predicted molar refractivity (Wildman–Crippen MR) is 116 cm³/mol. The highest BCUT2D eigenvalue weighted by molar-refractivity contribution is 14.0. The summed E-state index contributed by atoms with van der Waals surface area (Å²) in [4.78, 5) is 7.30. The van der Waals surface area contributed by atoms with Crippen molar-refractivity contribution in [1.29, 1.82) is 0 Å². The van der Waals surface area contributed by atoms with E-state index in [-0.39, 0.29) is 24.0 Å². The topological polar surface area (TPSA) is 48.9 Å². The minimum absolute atomic E-state index is 0. The van der Waals surface area contributed by atoms with Crippen molar-refractivity contribution in [2.75, 3.05) is 33.3 Å². The highest BCUT2D eigenvalue weighted by Gasteiger charge is 2.19. The van der Waals surface area contributed by atoms with Gasteiger partial charge in [0.05, 0.1) is 13.7 Å². The number of guanidine groups is 1. The number of piperidine rings is 1. The van der Waals surface area contributed by atoms with Crippen molar-refractivity contribution >= 4 is 29.9 Å². The zero-order chi connectivity index (χ0) is 17.2. The molecule has 2 N–H and O–H groups in total. The van der Waals surface area contributed by atoms with Crippen LogP contribution in [0.15, 0.2) is 29.3 Å². The van der Waals surface area contributed by atoms with Gasteiger partial charge in [0.15, 0.2) is 5.96 Å². The quantitative estimate of drug-likeness (QED) is 0.373. The van der Waals surface area contributed by atoms with Crippen molar-refractivity contribution in [3.05, 3.63) is 29.8 Å². The van der Waals surface area contributed by atoms with Crippen LogP contribution < -0.4 is 15.4 Å². The molecule has 0 unspecified atom stereocenters. The molecule has 0 aliphatic carbocycles. The molecule has 1 aliphatic rings. The first-order valence-corrected chi connectivity index (χ1v) is 9.15. The van der Waals surface area contributed by atoms with E-state index in [1.807, 2.05) is 18.2 Å². The number of nitrogens with zero attached hydrogens (tertiary/aromatic N) is 2. The summed E-state index contributed by atoms with van der Waals surface area (Å²) in [6.07, 6.45) is 3.60. The molecule has 6 heteroatoms. The first-order valence-electron chi connectivity index (χ1n) is 9.15. The van der Waals surface area contributed by atoms with Gasteiger partial charge >= 0.3 is 0 Å². The summed E-state index contributed by atoms with van der Waals surface area (Å²) in [5.41, 5.74) is 1.11. The highest BCUT2D eigenvalue weighted by Crippen LogP contribution is 2.18. The summed E-state index contributed by atoms with van der Waals surface area (Å²) in [5.74, 6) is 1.79. The molecule has 0 amide bonds. The first-order chi connectivity index (χ1) is 11.8. The van der Waals surface area contributed by atoms with E-state index in [1.165, 1.54) is 38.9 Å². The third-order valence-corrected chi connectivity index (χ3v) is 4.41. The summed E-state index contributed by atoms with van der Waals surface area (Å²) in [5, 5.41) is 6.96. The lowest BCUT2D eigenvalue weighted by molar-refractivity contribution is 0.206. The lowest BCUT2D eigenvalue weighted by atomic mass is 10.1. The van der Waals surface area contributed by atoms with Gasteiger partial charge in [-0.15, -0.1) is 24.0 Å². The van der Waals surface area contributed by atoms with Gasteiger partial charge in [-0.2, -0.15) is 0 Å². The Labute approximate surface area is 169 Å². The van der Waals surface area contributed by atoms with Crippen molar-refractivity contribution in [3.63, 3.8) is 0 Å². The molecule has 0 aromatic heterocycles. The summed E-state index contributed by atoms with van der Waals surface area (Å²) < 4.78 is 5.41. The zero-order valence-corrected chi connectivity index (χ0v) is 18.1. The number of nitrogens with one attached hydrogen (secondary N) is 2. The van der Waals surface area contributed by atoms with E-state index in [1.54, 1.807) is 7.11 Å². The second-order valence-corrected chi connectivity index (χ2v) is 6.27. The van der Waals surface area contributed by atoms with Crippen LogP contribution in [0.25, 0.3) is 0 Å². The molecule has 25 heavy (non-hydrogen) atoms. The Morgan fingerprint density at radius 2 is 1.96 bits per heavy atom. The molecule has 0 bridgehead atoms. The summed E-state index contributed by atoms with van der Waals surface area (Å²) in [6, 6.07) is 8.56. The maximum Gasteiger partial charge on any atom is 0.191 e. The van der Waals surface area contributed by atoms with Gasteiger partial charge in [-0.1, -0.05) is 25.1 Å². The van der Waals surface area contributed by atoms with E-state index in [4.69, 9.17) is 9.73 Å². The minimum Gasteiger partial charge on any atom is -0.496 e. The van der Waals surface area contributed by atoms with E-state index in [2.05, 4.69) is 35.4 Å². The Hall–Kier alpha value is -1.02. The number of ether oxygens (including phenoxy) is 1. The Kier molecular flexibility index (Phi) is 10.9. The van der Waals surface area contributed by atoms with Crippen LogP contribution in [0.2, 0.25) is 0 Å². The van der Waals surface area contributed by atoms with Crippen molar-refractivity contribution in [1.82, 2.24) is 15.5 Å². The van der Waals surface area contributed by atoms with Crippen molar-refractivity contribution < 1.29 is 4.74 Å². The van der Waals surface area contributed by atoms with Crippen LogP contribution in [0.3, 0.4) is 0 Å². The van der Waals surface area contributed by atoms with Crippen LogP contribution in [0, 0.1) is 0 Å². The van der Waals surface area contributed by atoms with Crippen LogP contribution in [-0.4, -0.2) is 50.2 Å². The molecule has 142 valence electrons. The molecule has 1 saturated heterocycles. The number of methoxy groups -OCH3 is 1. The molecular weight excluding hydrogens is 427 g/mol. The number of aliphatic imine (C=N–C) groups is 1. The van der Waals surface area contributed by atoms with Gasteiger partial charge in [-0.05, 0) is 38.8 Å². The van der Waals surface area contributed by atoms with Gasteiger partial charge in [0.1, 0.15) is 5.75 Å². The third-order valence-electron chi connectivity index (χ3n) is 4.41. The van der Waals surface area contributed by atoms with Crippen molar-refractivity contribution in [2.45, 2.75) is 45.7 Å². The van der Waals surface area contributed by atoms with E-state index in [0.717, 1.165) is 23.8 Å². The van der Waals surface area contributed by atoms with Gasteiger partial charge < -0.3 is 20.3 Å². The molecular formula is C19H33IN4O. The number of halogens is 1. The molecule has 0 atom stereocenters. The van der Waals surface area contributed by atoms with Crippen LogP contribution in [0.5, 0.6) is 5.75 Å². The summed E-state index contributed by atoms with van der Waals surface area (Å²) in [6.45, 7) is 9.41. The second kappa shape index (κ2) is 12.4. The zero-order valence-electron chi connectivity index (χ0n) is 15.8. The molecule has 0 saturated carbocycles. The van der Waals surface area contributed by atoms with Gasteiger partial charge in [-0.25, -0.2) is 4.99 Å². The highest BCUT2D eigenvalue weighted by atomic mass is 127. The minimum atomic E-state index is 0. The molecule has 1 fully saturated rings. The summed E-state index contributed by atoms with van der Waals surface area (Å²) >= 11 is 0. The maximum absolute atomic E-state index is 5.41. The number of likely N-dealkylation sites (tertiary alicyclic amines) is 1. The largest absolute Gasteiger partial charge is 0.496 e.